The molecule has 94 valence electrons. The van der Waals surface area contributed by atoms with Crippen LogP contribution in [0.15, 0.2) is 30.3 Å². The van der Waals surface area contributed by atoms with Gasteiger partial charge in [-0.25, -0.2) is 0 Å². The van der Waals surface area contributed by atoms with Crippen molar-refractivity contribution in [2.45, 2.75) is 20.8 Å². The maximum absolute atomic E-state index is 7.57. The first-order valence-electron chi connectivity index (χ1n) is 4.98. The molecule has 3 nitrogen and oxygen atoms in total. The predicted molar refractivity (Wildman–Crippen MR) is 63.6 cm³/mol. The number of aliphatic hydroxyl groups excluding tert-OH is 3. The van der Waals surface area contributed by atoms with Gasteiger partial charge in [-0.05, 0) is 20.8 Å². The summed E-state index contributed by atoms with van der Waals surface area (Å²) in [6.45, 7) is 5.79. The van der Waals surface area contributed by atoms with Crippen molar-refractivity contribution in [3.63, 3.8) is 0 Å². The third kappa shape index (κ3) is 67.1. The van der Waals surface area contributed by atoms with Crippen molar-refractivity contribution >= 4 is 0 Å². The van der Waals surface area contributed by atoms with E-state index in [-0.39, 0.29) is 41.5 Å². The number of benzene rings is 1. The number of hydrogen-bond donors (Lipinski definition) is 3. The fourth-order valence-electron chi connectivity index (χ4n) is 0.342. The molecular formula is C12H23O3Ti-. The fourth-order valence-corrected chi connectivity index (χ4v) is 0.342. The molecule has 0 aromatic heterocycles. The normalized spacial score (nSPS) is 6.38. The van der Waals surface area contributed by atoms with Gasteiger partial charge in [0.05, 0.1) is 0 Å². The summed E-state index contributed by atoms with van der Waals surface area (Å²) >= 11 is 0. The van der Waals surface area contributed by atoms with Crippen molar-refractivity contribution in [1.29, 1.82) is 0 Å². The molecule has 0 fully saturated rings. The van der Waals surface area contributed by atoms with Crippen molar-refractivity contribution in [1.82, 2.24) is 0 Å². The van der Waals surface area contributed by atoms with Crippen molar-refractivity contribution in [2.24, 2.45) is 0 Å². The van der Waals surface area contributed by atoms with E-state index < -0.39 is 0 Å². The number of rotatable bonds is 0. The van der Waals surface area contributed by atoms with Crippen LogP contribution in [0.4, 0.5) is 0 Å². The Hall–Kier alpha value is -0.186. The fraction of sp³-hybridized carbons (Fsp3) is 0.500. The molecule has 0 amide bonds. The summed E-state index contributed by atoms with van der Waals surface area (Å²) in [7, 11) is 0. The van der Waals surface area contributed by atoms with Gasteiger partial charge in [0.2, 0.25) is 0 Å². The summed E-state index contributed by atoms with van der Waals surface area (Å²) in [5.41, 5.74) is 0. The van der Waals surface area contributed by atoms with Crippen LogP contribution >= 0.6 is 0 Å². The van der Waals surface area contributed by atoms with Gasteiger partial charge in [-0.2, -0.15) is 36.4 Å². The second kappa shape index (κ2) is 36.4. The van der Waals surface area contributed by atoms with Gasteiger partial charge in [-0.1, -0.05) is 0 Å². The van der Waals surface area contributed by atoms with Gasteiger partial charge in [0.15, 0.2) is 0 Å². The van der Waals surface area contributed by atoms with Crippen molar-refractivity contribution < 1.29 is 37.0 Å². The molecule has 0 atom stereocenters. The Bertz CT molecular complexity index is 117. The summed E-state index contributed by atoms with van der Waals surface area (Å²) in [5.74, 6) is 0. The standard InChI is InChI=1S/C6H5.3C2H6O.Ti/c1-2-4-6-5-3-1;3*1-2-3;/h1-5H;3*3H,2H2,1H3;/q-1;;;;. The van der Waals surface area contributed by atoms with E-state index in [1.165, 1.54) is 0 Å². The predicted octanol–water partition coefficient (Wildman–Crippen LogP) is 1.48. The van der Waals surface area contributed by atoms with Crippen LogP contribution in [0.2, 0.25) is 0 Å². The molecule has 16 heavy (non-hydrogen) atoms. The van der Waals surface area contributed by atoms with Crippen LogP contribution in [-0.4, -0.2) is 35.1 Å². The molecule has 0 saturated heterocycles. The molecule has 0 aliphatic rings. The molecule has 0 bridgehead atoms. The quantitative estimate of drug-likeness (QED) is 0.491. The van der Waals surface area contributed by atoms with Crippen LogP contribution in [-0.2, 0) is 21.7 Å². The minimum absolute atomic E-state index is 0. The van der Waals surface area contributed by atoms with E-state index in [0.29, 0.717) is 0 Å². The molecule has 3 N–H and O–H groups in total. The molecule has 0 aliphatic carbocycles. The zero-order valence-electron chi connectivity index (χ0n) is 10.3. The Kier molecular flexibility index (Phi) is 56.6. The van der Waals surface area contributed by atoms with Gasteiger partial charge in [-0.3, -0.25) is 0 Å². The first kappa shape index (κ1) is 24.9. The molecule has 1 aromatic carbocycles. The number of aliphatic hydroxyl groups is 3. The van der Waals surface area contributed by atoms with Crippen LogP contribution in [0.25, 0.3) is 0 Å². The monoisotopic (exact) mass is 263 g/mol. The van der Waals surface area contributed by atoms with E-state index in [1.807, 2.05) is 30.3 Å². The smallest absolute Gasteiger partial charge is 0.0402 e. The molecule has 0 spiro atoms. The zero-order valence-corrected chi connectivity index (χ0v) is 11.9. The van der Waals surface area contributed by atoms with E-state index >= 15 is 0 Å². The minimum Gasteiger partial charge on any atom is -0.397 e. The summed E-state index contributed by atoms with van der Waals surface area (Å²) in [5, 5.41) is 22.7. The third-order valence-corrected chi connectivity index (χ3v) is 0.607. The van der Waals surface area contributed by atoms with Gasteiger partial charge < -0.3 is 15.3 Å². The van der Waals surface area contributed by atoms with Crippen molar-refractivity contribution in [2.75, 3.05) is 19.8 Å². The molecule has 0 saturated carbocycles. The molecule has 4 heteroatoms. The maximum Gasteiger partial charge on any atom is 0.0402 e. The van der Waals surface area contributed by atoms with E-state index in [4.69, 9.17) is 15.3 Å². The average molecular weight is 263 g/mol. The van der Waals surface area contributed by atoms with E-state index in [0.717, 1.165) is 0 Å². The third-order valence-electron chi connectivity index (χ3n) is 0.607. The SMILES string of the molecule is CCO.CCO.CCO.[Ti].[c-]1ccccc1. The molecule has 0 radical (unpaired) electrons. The van der Waals surface area contributed by atoms with Crippen molar-refractivity contribution in [3.05, 3.63) is 36.4 Å². The Balaban J connectivity index is -0.0000000637. The summed E-state index contributed by atoms with van der Waals surface area (Å²) in [6.07, 6.45) is 0. The molecule has 0 aliphatic heterocycles. The second-order valence-electron chi connectivity index (χ2n) is 2.03. The Labute approximate surface area is 114 Å². The second-order valence-corrected chi connectivity index (χ2v) is 2.03. The van der Waals surface area contributed by atoms with Gasteiger partial charge in [0, 0.05) is 41.5 Å². The molecular weight excluding hydrogens is 240 g/mol. The molecule has 1 rings (SSSR count). The first-order valence-corrected chi connectivity index (χ1v) is 4.98. The molecule has 0 unspecified atom stereocenters. The summed E-state index contributed by atoms with van der Waals surface area (Å²) in [4.78, 5) is 0. The Morgan fingerprint density at radius 3 is 1.06 bits per heavy atom. The largest absolute Gasteiger partial charge is 0.397 e. The van der Waals surface area contributed by atoms with Crippen LogP contribution < -0.4 is 0 Å². The first-order chi connectivity index (χ1) is 7.24. The summed E-state index contributed by atoms with van der Waals surface area (Å²) < 4.78 is 0. The Morgan fingerprint density at radius 1 is 0.750 bits per heavy atom. The van der Waals surface area contributed by atoms with Gasteiger partial charge in [0.1, 0.15) is 0 Å². The van der Waals surface area contributed by atoms with E-state index in [2.05, 4.69) is 6.07 Å². The van der Waals surface area contributed by atoms with E-state index in [9.17, 15) is 0 Å². The van der Waals surface area contributed by atoms with Gasteiger partial charge >= 0.3 is 0 Å². The zero-order chi connectivity index (χ0) is 12.4. The van der Waals surface area contributed by atoms with Crippen LogP contribution in [0, 0.1) is 6.07 Å². The van der Waals surface area contributed by atoms with Crippen LogP contribution in [0.5, 0.6) is 0 Å². The van der Waals surface area contributed by atoms with Gasteiger partial charge in [-0.15, -0.1) is 0 Å². The van der Waals surface area contributed by atoms with Crippen molar-refractivity contribution in [3.8, 4) is 0 Å². The maximum atomic E-state index is 7.57. The number of hydrogen-bond acceptors (Lipinski definition) is 3. The minimum atomic E-state index is 0. The summed E-state index contributed by atoms with van der Waals surface area (Å²) in [6, 6.07) is 12.5. The Morgan fingerprint density at radius 2 is 1.00 bits per heavy atom. The van der Waals surface area contributed by atoms with E-state index in [1.54, 1.807) is 20.8 Å². The van der Waals surface area contributed by atoms with Crippen LogP contribution in [0.3, 0.4) is 0 Å². The van der Waals surface area contributed by atoms with Gasteiger partial charge in [0.25, 0.3) is 0 Å². The molecule has 0 heterocycles. The molecule has 1 aromatic rings. The van der Waals surface area contributed by atoms with Crippen LogP contribution in [0.1, 0.15) is 20.8 Å². The topological polar surface area (TPSA) is 60.7 Å². The average Bonchev–Trinajstić information content (AvgIpc) is 2.24.